The molecule has 1 rings (SSSR count). The van der Waals surface area contributed by atoms with Gasteiger partial charge in [0, 0.05) is 19.2 Å². The van der Waals surface area contributed by atoms with Gasteiger partial charge in [0.2, 0.25) is 10.0 Å². The van der Waals surface area contributed by atoms with Crippen LogP contribution in [0.25, 0.3) is 0 Å². The van der Waals surface area contributed by atoms with Crippen LogP contribution < -0.4 is 4.72 Å². The van der Waals surface area contributed by atoms with Crippen LogP contribution in [0.5, 0.6) is 0 Å². The van der Waals surface area contributed by atoms with Crippen molar-refractivity contribution in [2.75, 3.05) is 6.54 Å². The Morgan fingerprint density at radius 1 is 1.47 bits per heavy atom. The molecule has 0 radical (unpaired) electrons. The molecule has 0 atom stereocenters. The summed E-state index contributed by atoms with van der Waals surface area (Å²) in [6.07, 6.45) is 1.60. The third kappa shape index (κ3) is 4.17. The summed E-state index contributed by atoms with van der Waals surface area (Å²) in [6, 6.07) is 1.25. The molecule has 0 saturated carbocycles. The van der Waals surface area contributed by atoms with Crippen LogP contribution in [0.4, 0.5) is 0 Å². The molecule has 0 bridgehead atoms. The van der Waals surface area contributed by atoms with E-state index >= 15 is 0 Å². The maximum absolute atomic E-state index is 11.8. The van der Waals surface area contributed by atoms with Gasteiger partial charge >= 0.3 is 0 Å². The smallest absolute Gasteiger partial charge is 0.242 e. The number of nitrogens with zero attached hydrogens (tertiary/aromatic N) is 1. The van der Waals surface area contributed by atoms with Crippen LogP contribution in [0.3, 0.4) is 0 Å². The normalized spacial score (nSPS) is 10.8. The third-order valence-electron chi connectivity index (χ3n) is 1.80. The lowest BCUT2D eigenvalue weighted by Gasteiger charge is -2.05. The Labute approximate surface area is 110 Å². The molecule has 1 aromatic rings. The fraction of sp³-hybridized carbons (Fsp3) is 0.300. The van der Waals surface area contributed by atoms with Crippen LogP contribution in [0.1, 0.15) is 13.3 Å². The number of aromatic nitrogens is 1. The molecule has 17 heavy (non-hydrogen) atoms. The van der Waals surface area contributed by atoms with Gasteiger partial charge in [-0.25, -0.2) is 18.1 Å². The van der Waals surface area contributed by atoms with E-state index in [0.717, 1.165) is 6.20 Å². The zero-order valence-corrected chi connectivity index (χ0v) is 11.3. The molecule has 1 aromatic heterocycles. The Bertz CT molecular complexity index is 561. The van der Waals surface area contributed by atoms with E-state index in [4.69, 9.17) is 23.2 Å². The molecule has 92 valence electrons. The number of nitrogens with one attached hydrogen (secondary N) is 1. The fourth-order valence-electron chi connectivity index (χ4n) is 1.01. The lowest BCUT2D eigenvalue weighted by atomic mass is 10.4. The predicted molar refractivity (Wildman–Crippen MR) is 67.5 cm³/mol. The minimum absolute atomic E-state index is 0.0173. The molecule has 0 aliphatic rings. The van der Waals surface area contributed by atoms with Crippen LogP contribution in [0.15, 0.2) is 17.2 Å². The van der Waals surface area contributed by atoms with Crippen molar-refractivity contribution in [1.82, 2.24) is 9.71 Å². The van der Waals surface area contributed by atoms with E-state index in [9.17, 15) is 8.42 Å². The number of hydrogen-bond donors (Lipinski definition) is 1. The van der Waals surface area contributed by atoms with Crippen LogP contribution in [-0.4, -0.2) is 19.9 Å². The van der Waals surface area contributed by atoms with Gasteiger partial charge in [0.1, 0.15) is 10.0 Å². The van der Waals surface area contributed by atoms with Gasteiger partial charge in [0.15, 0.2) is 0 Å². The van der Waals surface area contributed by atoms with E-state index in [1.54, 1.807) is 6.92 Å². The fourth-order valence-corrected chi connectivity index (χ4v) is 2.34. The Balaban J connectivity index is 2.81. The summed E-state index contributed by atoms with van der Waals surface area (Å²) in [5.74, 6) is 5.43. The van der Waals surface area contributed by atoms with Crippen molar-refractivity contribution in [3.05, 3.63) is 22.4 Å². The number of sulfonamides is 1. The number of halogens is 2. The highest BCUT2D eigenvalue weighted by Gasteiger charge is 2.15. The highest BCUT2D eigenvalue weighted by atomic mass is 35.5. The van der Waals surface area contributed by atoms with E-state index < -0.39 is 10.0 Å². The SMILES string of the molecule is CC#CCCNS(=O)(=O)c1cnc(Cl)c(Cl)c1. The third-order valence-corrected chi connectivity index (χ3v) is 3.91. The van der Waals surface area contributed by atoms with Crippen molar-refractivity contribution in [2.45, 2.75) is 18.2 Å². The monoisotopic (exact) mass is 292 g/mol. The predicted octanol–water partition coefficient (Wildman–Crippen LogP) is 2.08. The molecule has 0 aliphatic carbocycles. The highest BCUT2D eigenvalue weighted by molar-refractivity contribution is 7.89. The molecule has 0 aliphatic heterocycles. The van der Waals surface area contributed by atoms with Crippen LogP contribution in [0, 0.1) is 11.8 Å². The van der Waals surface area contributed by atoms with Gasteiger partial charge in [-0.3, -0.25) is 0 Å². The lowest BCUT2D eigenvalue weighted by Crippen LogP contribution is -2.24. The summed E-state index contributed by atoms with van der Waals surface area (Å²) in [4.78, 5) is 3.66. The van der Waals surface area contributed by atoms with Crippen molar-refractivity contribution < 1.29 is 8.42 Å². The van der Waals surface area contributed by atoms with E-state index in [1.807, 2.05) is 0 Å². The first kappa shape index (κ1) is 14.3. The second kappa shape index (κ2) is 6.22. The van der Waals surface area contributed by atoms with Crippen molar-refractivity contribution in [3.8, 4) is 11.8 Å². The molecule has 0 spiro atoms. The first-order valence-electron chi connectivity index (χ1n) is 4.67. The quantitative estimate of drug-likeness (QED) is 0.525. The zero-order chi connectivity index (χ0) is 12.9. The summed E-state index contributed by atoms with van der Waals surface area (Å²) in [7, 11) is -3.60. The van der Waals surface area contributed by atoms with Crippen molar-refractivity contribution in [3.63, 3.8) is 0 Å². The molecule has 1 heterocycles. The second-order valence-corrected chi connectivity index (χ2v) is 5.55. The maximum atomic E-state index is 11.8. The molecule has 1 N–H and O–H groups in total. The van der Waals surface area contributed by atoms with Gasteiger partial charge in [0.05, 0.1) is 5.02 Å². The average molecular weight is 293 g/mol. The Morgan fingerprint density at radius 3 is 2.76 bits per heavy atom. The molecule has 0 aromatic carbocycles. The molecule has 7 heteroatoms. The Hall–Kier alpha value is -0.800. The standard InChI is InChI=1S/C10H10Cl2N2O2S/c1-2-3-4-5-14-17(15,16)8-6-9(11)10(12)13-7-8/h6-7,14H,4-5H2,1H3. The molecule has 0 unspecified atom stereocenters. The minimum atomic E-state index is -3.60. The van der Waals surface area contributed by atoms with Gasteiger partial charge in [-0.05, 0) is 13.0 Å². The van der Waals surface area contributed by atoms with Gasteiger partial charge < -0.3 is 0 Å². The van der Waals surface area contributed by atoms with E-state index in [-0.39, 0.29) is 21.6 Å². The maximum Gasteiger partial charge on any atom is 0.242 e. The van der Waals surface area contributed by atoms with Crippen LogP contribution in [-0.2, 0) is 10.0 Å². The molecule has 0 fully saturated rings. The summed E-state index contributed by atoms with van der Waals surface area (Å²) in [6.45, 7) is 1.93. The van der Waals surface area contributed by atoms with Gasteiger partial charge in [-0.2, -0.15) is 0 Å². The summed E-state index contributed by atoms with van der Waals surface area (Å²) >= 11 is 11.3. The topological polar surface area (TPSA) is 59.1 Å². The van der Waals surface area contributed by atoms with Crippen LogP contribution >= 0.6 is 23.2 Å². The summed E-state index contributed by atoms with van der Waals surface area (Å²) in [5.41, 5.74) is 0. The highest BCUT2D eigenvalue weighted by Crippen LogP contribution is 2.21. The lowest BCUT2D eigenvalue weighted by molar-refractivity contribution is 0.582. The van der Waals surface area contributed by atoms with E-state index in [2.05, 4.69) is 21.5 Å². The van der Waals surface area contributed by atoms with Crippen molar-refractivity contribution in [2.24, 2.45) is 0 Å². The number of hydrogen-bond acceptors (Lipinski definition) is 3. The van der Waals surface area contributed by atoms with Crippen LogP contribution in [0.2, 0.25) is 10.2 Å². The Morgan fingerprint density at radius 2 is 2.18 bits per heavy atom. The number of rotatable bonds is 4. The largest absolute Gasteiger partial charge is 0.242 e. The number of pyridine rings is 1. The molecule has 4 nitrogen and oxygen atoms in total. The van der Waals surface area contributed by atoms with Gasteiger partial charge in [0.25, 0.3) is 0 Å². The first-order valence-corrected chi connectivity index (χ1v) is 6.91. The summed E-state index contributed by atoms with van der Waals surface area (Å²) in [5, 5.41) is 0.172. The van der Waals surface area contributed by atoms with E-state index in [1.165, 1.54) is 6.07 Å². The van der Waals surface area contributed by atoms with Crippen molar-refractivity contribution in [1.29, 1.82) is 0 Å². The molecular formula is C10H10Cl2N2O2S. The van der Waals surface area contributed by atoms with Gasteiger partial charge in [-0.1, -0.05) is 23.2 Å². The molecule has 0 saturated heterocycles. The minimum Gasteiger partial charge on any atom is -0.242 e. The Kier molecular flexibility index (Phi) is 5.22. The molecule has 0 amide bonds. The summed E-state index contributed by atoms with van der Waals surface area (Å²) < 4.78 is 25.9. The van der Waals surface area contributed by atoms with Gasteiger partial charge in [-0.15, -0.1) is 11.8 Å². The van der Waals surface area contributed by atoms with E-state index in [0.29, 0.717) is 6.42 Å². The zero-order valence-electron chi connectivity index (χ0n) is 9.00. The first-order chi connectivity index (χ1) is 7.97. The van der Waals surface area contributed by atoms with Crippen molar-refractivity contribution >= 4 is 33.2 Å². The second-order valence-electron chi connectivity index (χ2n) is 3.02. The average Bonchev–Trinajstić information content (AvgIpc) is 2.28. The molecular weight excluding hydrogens is 283 g/mol.